The Hall–Kier alpha value is -2.81. The van der Waals surface area contributed by atoms with Crippen molar-refractivity contribution in [1.82, 2.24) is 4.57 Å². The zero-order valence-electron chi connectivity index (χ0n) is 12.5. The molecule has 0 saturated heterocycles. The molecule has 0 aliphatic rings. The normalized spacial score (nSPS) is 11.4. The molecule has 3 nitrogen and oxygen atoms in total. The van der Waals surface area contributed by atoms with E-state index in [1.54, 1.807) is 10.6 Å². The Balaban J connectivity index is 2.14. The molecule has 0 amide bonds. The number of nitrogens with zero attached hydrogens (tertiary/aromatic N) is 1. The van der Waals surface area contributed by atoms with Crippen molar-refractivity contribution in [1.29, 1.82) is 0 Å². The van der Waals surface area contributed by atoms with Gasteiger partial charge in [-0.2, -0.15) is 0 Å². The summed E-state index contributed by atoms with van der Waals surface area (Å²) in [5.74, 6) is 0. The summed E-state index contributed by atoms with van der Waals surface area (Å²) >= 11 is 0. The summed E-state index contributed by atoms with van der Waals surface area (Å²) in [6.07, 6.45) is 0. The number of rotatable bonds is 1. The molecule has 0 fully saturated rings. The van der Waals surface area contributed by atoms with Gasteiger partial charge in [0.05, 0.1) is 5.69 Å². The number of pyridine rings is 1. The van der Waals surface area contributed by atoms with Gasteiger partial charge in [0.15, 0.2) is 5.58 Å². The maximum atomic E-state index is 12.6. The van der Waals surface area contributed by atoms with Crippen molar-refractivity contribution < 1.29 is 4.42 Å². The number of furan rings is 1. The molecule has 0 unspecified atom stereocenters. The van der Waals surface area contributed by atoms with Crippen molar-refractivity contribution in [2.24, 2.45) is 0 Å². The second-order valence-corrected chi connectivity index (χ2v) is 5.58. The van der Waals surface area contributed by atoms with E-state index in [1.165, 1.54) is 0 Å². The largest absolute Gasteiger partial charge is 0.454 e. The van der Waals surface area contributed by atoms with E-state index in [9.17, 15) is 4.79 Å². The van der Waals surface area contributed by atoms with Gasteiger partial charge in [0.1, 0.15) is 5.58 Å². The quantitative estimate of drug-likeness (QED) is 0.522. The minimum Gasteiger partial charge on any atom is -0.454 e. The van der Waals surface area contributed by atoms with Gasteiger partial charge >= 0.3 is 0 Å². The minimum absolute atomic E-state index is 0.0422. The van der Waals surface area contributed by atoms with Crippen molar-refractivity contribution in [3.63, 3.8) is 0 Å². The number of aryl methyl sites for hydroxylation is 2. The third-order valence-corrected chi connectivity index (χ3v) is 4.05. The van der Waals surface area contributed by atoms with E-state index in [1.807, 2.05) is 62.4 Å². The molecule has 4 aromatic rings. The lowest BCUT2D eigenvalue weighted by Crippen LogP contribution is -2.19. The summed E-state index contributed by atoms with van der Waals surface area (Å²) in [6.45, 7) is 3.95. The Kier molecular flexibility index (Phi) is 2.70. The van der Waals surface area contributed by atoms with E-state index >= 15 is 0 Å². The van der Waals surface area contributed by atoms with Crippen LogP contribution in [0.5, 0.6) is 0 Å². The Morgan fingerprint density at radius 3 is 2.45 bits per heavy atom. The molecule has 0 aliphatic heterocycles. The first kappa shape index (κ1) is 12.9. The van der Waals surface area contributed by atoms with Gasteiger partial charge in [-0.05, 0) is 37.6 Å². The van der Waals surface area contributed by atoms with E-state index in [-0.39, 0.29) is 5.56 Å². The average molecular weight is 289 g/mol. The maximum absolute atomic E-state index is 12.6. The van der Waals surface area contributed by atoms with Gasteiger partial charge < -0.3 is 4.42 Å². The smallest absolute Gasteiger partial charge is 0.256 e. The van der Waals surface area contributed by atoms with Gasteiger partial charge in [0.25, 0.3) is 5.56 Å². The highest BCUT2D eigenvalue weighted by Crippen LogP contribution is 2.30. The highest BCUT2D eigenvalue weighted by Gasteiger charge is 2.14. The van der Waals surface area contributed by atoms with Crippen LogP contribution in [0.3, 0.4) is 0 Å². The molecule has 108 valence electrons. The van der Waals surface area contributed by atoms with Gasteiger partial charge in [-0.15, -0.1) is 0 Å². The lowest BCUT2D eigenvalue weighted by molar-refractivity contribution is 0.658. The Morgan fingerprint density at radius 2 is 1.68 bits per heavy atom. The van der Waals surface area contributed by atoms with Crippen LogP contribution < -0.4 is 5.56 Å². The fraction of sp³-hybridized carbons (Fsp3) is 0.105. The molecular formula is C19H15NO2. The molecule has 3 heteroatoms. The van der Waals surface area contributed by atoms with Crippen molar-refractivity contribution in [3.8, 4) is 5.69 Å². The van der Waals surface area contributed by atoms with Gasteiger partial charge in [0, 0.05) is 22.5 Å². The first-order chi connectivity index (χ1) is 10.6. The molecule has 22 heavy (non-hydrogen) atoms. The van der Waals surface area contributed by atoms with Crippen LogP contribution in [0.25, 0.3) is 27.6 Å². The van der Waals surface area contributed by atoms with E-state index in [0.717, 1.165) is 38.9 Å². The zero-order valence-corrected chi connectivity index (χ0v) is 12.5. The van der Waals surface area contributed by atoms with Gasteiger partial charge in [0.2, 0.25) is 0 Å². The highest BCUT2D eigenvalue weighted by molar-refractivity contribution is 6.05. The lowest BCUT2D eigenvalue weighted by atomic mass is 10.1. The summed E-state index contributed by atoms with van der Waals surface area (Å²) in [6, 6.07) is 17.4. The van der Waals surface area contributed by atoms with E-state index in [0.29, 0.717) is 0 Å². The Labute approximate surface area is 127 Å². The average Bonchev–Trinajstić information content (AvgIpc) is 2.86. The van der Waals surface area contributed by atoms with Crippen LogP contribution in [0.15, 0.2) is 63.8 Å². The monoisotopic (exact) mass is 289 g/mol. The Morgan fingerprint density at radius 1 is 0.909 bits per heavy atom. The molecule has 0 radical (unpaired) electrons. The van der Waals surface area contributed by atoms with Crippen LogP contribution in [-0.4, -0.2) is 4.57 Å². The third-order valence-electron chi connectivity index (χ3n) is 4.05. The van der Waals surface area contributed by atoms with Crippen molar-refractivity contribution in [2.45, 2.75) is 13.8 Å². The lowest BCUT2D eigenvalue weighted by Gasteiger charge is -2.09. The standard InChI is InChI=1S/C19H15NO2/c1-12-8-9-15-16-11-18(21)20(14-6-4-3-5-7-14)13(2)19(16)22-17(15)10-12/h3-11H,1-2H3. The molecule has 0 bridgehead atoms. The first-order valence-electron chi connectivity index (χ1n) is 7.26. The minimum atomic E-state index is -0.0422. The number of hydrogen-bond acceptors (Lipinski definition) is 2. The third kappa shape index (κ3) is 1.79. The molecule has 0 spiro atoms. The maximum Gasteiger partial charge on any atom is 0.256 e. The van der Waals surface area contributed by atoms with Crippen LogP contribution in [-0.2, 0) is 0 Å². The first-order valence-corrected chi connectivity index (χ1v) is 7.26. The second-order valence-electron chi connectivity index (χ2n) is 5.58. The van der Waals surface area contributed by atoms with Crippen LogP contribution in [0, 0.1) is 13.8 Å². The van der Waals surface area contributed by atoms with E-state index < -0.39 is 0 Å². The number of aromatic nitrogens is 1. The summed E-state index contributed by atoms with van der Waals surface area (Å²) in [4.78, 5) is 12.6. The molecule has 0 saturated carbocycles. The van der Waals surface area contributed by atoms with Crippen molar-refractivity contribution in [3.05, 3.63) is 76.2 Å². The van der Waals surface area contributed by atoms with Crippen molar-refractivity contribution >= 4 is 21.9 Å². The topological polar surface area (TPSA) is 35.1 Å². The van der Waals surface area contributed by atoms with Crippen LogP contribution in [0.4, 0.5) is 0 Å². The molecule has 2 aromatic heterocycles. The molecule has 0 aliphatic carbocycles. The summed E-state index contributed by atoms with van der Waals surface area (Å²) < 4.78 is 7.71. The summed E-state index contributed by atoms with van der Waals surface area (Å²) in [5, 5.41) is 1.87. The summed E-state index contributed by atoms with van der Waals surface area (Å²) in [7, 11) is 0. The molecule has 2 aromatic carbocycles. The van der Waals surface area contributed by atoms with E-state index in [2.05, 4.69) is 0 Å². The zero-order chi connectivity index (χ0) is 15.3. The van der Waals surface area contributed by atoms with Gasteiger partial charge in [-0.1, -0.05) is 30.3 Å². The molecular weight excluding hydrogens is 274 g/mol. The van der Waals surface area contributed by atoms with Gasteiger partial charge in [-0.3, -0.25) is 9.36 Å². The van der Waals surface area contributed by atoms with Crippen molar-refractivity contribution in [2.75, 3.05) is 0 Å². The fourth-order valence-corrected chi connectivity index (χ4v) is 2.99. The highest BCUT2D eigenvalue weighted by atomic mass is 16.3. The number of fused-ring (bicyclic) bond motifs is 3. The molecule has 2 heterocycles. The number of benzene rings is 2. The molecule has 0 N–H and O–H groups in total. The van der Waals surface area contributed by atoms with Gasteiger partial charge in [-0.25, -0.2) is 0 Å². The molecule has 0 atom stereocenters. The van der Waals surface area contributed by atoms with Crippen LogP contribution in [0.1, 0.15) is 11.3 Å². The Bertz CT molecular complexity index is 1060. The number of hydrogen-bond donors (Lipinski definition) is 0. The summed E-state index contributed by atoms with van der Waals surface area (Å²) in [5.41, 5.74) is 4.36. The van der Waals surface area contributed by atoms with Crippen LogP contribution >= 0.6 is 0 Å². The fourth-order valence-electron chi connectivity index (χ4n) is 2.99. The van der Waals surface area contributed by atoms with E-state index in [4.69, 9.17) is 4.42 Å². The SMILES string of the molecule is Cc1ccc2c(c1)oc1c(C)n(-c3ccccc3)c(=O)cc12. The van der Waals surface area contributed by atoms with Crippen LogP contribution in [0.2, 0.25) is 0 Å². The second kappa shape index (κ2) is 4.60. The molecule has 4 rings (SSSR count). The number of para-hydroxylation sites is 1. The predicted molar refractivity (Wildman–Crippen MR) is 88.8 cm³/mol. The predicted octanol–water partition coefficient (Wildman–Crippen LogP) is 4.35.